The van der Waals surface area contributed by atoms with Crippen molar-refractivity contribution < 1.29 is 22.5 Å². The number of carbonyl (C=O) groups excluding carboxylic acids is 2. The first-order chi connectivity index (χ1) is 16.8. The number of nitrogens with zero attached hydrogens (tertiary/aromatic N) is 4. The largest absolute Gasteiger partial charge is 0.356 e. The van der Waals surface area contributed by atoms with Gasteiger partial charge < -0.3 is 14.7 Å². The predicted molar refractivity (Wildman–Crippen MR) is 127 cm³/mol. The van der Waals surface area contributed by atoms with Gasteiger partial charge in [0.2, 0.25) is 21.8 Å². The number of fused-ring (bicyclic) bond motifs is 1. The van der Waals surface area contributed by atoms with Crippen molar-refractivity contribution in [1.29, 1.82) is 0 Å². The number of amides is 2. The third-order valence-corrected chi connectivity index (χ3v) is 7.03. The molecule has 11 nitrogen and oxygen atoms in total. The fourth-order valence-electron chi connectivity index (χ4n) is 3.78. The third kappa shape index (κ3) is 6.08. The summed E-state index contributed by atoms with van der Waals surface area (Å²) in [6.45, 7) is 2.51. The molecular formula is C23H26N6O5S. The lowest BCUT2D eigenvalue weighted by atomic mass is 10.2. The number of rotatable bonds is 10. The molecule has 1 aromatic carbocycles. The van der Waals surface area contributed by atoms with Gasteiger partial charge in [-0.25, -0.2) is 13.1 Å². The molecule has 0 unspecified atom stereocenters. The van der Waals surface area contributed by atoms with Crippen molar-refractivity contribution >= 4 is 27.5 Å². The highest BCUT2D eigenvalue weighted by Crippen LogP contribution is 2.30. The Morgan fingerprint density at radius 2 is 1.94 bits per heavy atom. The van der Waals surface area contributed by atoms with Gasteiger partial charge in [0.05, 0.1) is 4.90 Å². The first-order valence-electron chi connectivity index (χ1n) is 11.2. The molecule has 0 fully saturated rings. The number of aromatic nitrogens is 3. The molecule has 0 atom stereocenters. The van der Waals surface area contributed by atoms with Crippen LogP contribution in [0.4, 0.5) is 5.69 Å². The van der Waals surface area contributed by atoms with Crippen molar-refractivity contribution in [2.24, 2.45) is 0 Å². The number of carbonyl (C=O) groups is 2. The molecule has 0 radical (unpaired) electrons. The summed E-state index contributed by atoms with van der Waals surface area (Å²) in [5.74, 6) is 0.609. The van der Waals surface area contributed by atoms with E-state index in [2.05, 4.69) is 25.2 Å². The average molecular weight is 499 g/mol. The molecule has 2 N–H and O–H groups in total. The van der Waals surface area contributed by atoms with E-state index in [9.17, 15) is 18.0 Å². The van der Waals surface area contributed by atoms with Gasteiger partial charge in [-0.05, 0) is 48.7 Å². The SMILES string of the molecule is CC(=O)N1CCc2cc(S(=O)(=O)NCCCC(=O)NCCc3noc(-c4ccncc4)n3)ccc21. The van der Waals surface area contributed by atoms with E-state index in [4.69, 9.17) is 4.52 Å². The molecule has 2 aromatic heterocycles. The van der Waals surface area contributed by atoms with Gasteiger partial charge in [0.15, 0.2) is 5.82 Å². The molecule has 1 aliphatic rings. The van der Waals surface area contributed by atoms with Crippen LogP contribution >= 0.6 is 0 Å². The van der Waals surface area contributed by atoms with E-state index in [1.54, 1.807) is 41.6 Å². The highest BCUT2D eigenvalue weighted by Gasteiger charge is 2.24. The molecule has 0 saturated heterocycles. The lowest BCUT2D eigenvalue weighted by Crippen LogP contribution is -2.29. The number of hydrogen-bond acceptors (Lipinski definition) is 8. The molecule has 184 valence electrons. The normalized spacial score (nSPS) is 13.0. The highest BCUT2D eigenvalue weighted by molar-refractivity contribution is 7.89. The summed E-state index contributed by atoms with van der Waals surface area (Å²) in [5, 5.41) is 6.67. The van der Waals surface area contributed by atoms with Crippen LogP contribution in [0.25, 0.3) is 11.5 Å². The zero-order valence-corrected chi connectivity index (χ0v) is 20.0. The van der Waals surface area contributed by atoms with Gasteiger partial charge in [0.1, 0.15) is 0 Å². The van der Waals surface area contributed by atoms with Gasteiger partial charge >= 0.3 is 0 Å². The van der Waals surface area contributed by atoms with E-state index >= 15 is 0 Å². The first kappa shape index (κ1) is 24.5. The number of hydrogen-bond donors (Lipinski definition) is 2. The zero-order chi connectivity index (χ0) is 24.8. The second kappa shape index (κ2) is 10.7. The van der Waals surface area contributed by atoms with Crippen LogP contribution < -0.4 is 14.9 Å². The Morgan fingerprint density at radius 3 is 2.71 bits per heavy atom. The van der Waals surface area contributed by atoms with Crippen molar-refractivity contribution in [1.82, 2.24) is 25.2 Å². The van der Waals surface area contributed by atoms with Crippen molar-refractivity contribution in [2.75, 3.05) is 24.5 Å². The predicted octanol–water partition coefficient (Wildman–Crippen LogP) is 1.46. The van der Waals surface area contributed by atoms with E-state index in [-0.39, 0.29) is 29.7 Å². The van der Waals surface area contributed by atoms with Crippen LogP contribution in [-0.2, 0) is 32.5 Å². The first-order valence-corrected chi connectivity index (χ1v) is 12.7. The number of nitrogens with one attached hydrogen (secondary N) is 2. The fraction of sp³-hybridized carbons (Fsp3) is 0.348. The Morgan fingerprint density at radius 1 is 1.14 bits per heavy atom. The minimum atomic E-state index is -3.71. The minimum absolute atomic E-state index is 0.0669. The van der Waals surface area contributed by atoms with Crippen LogP contribution in [0, 0.1) is 0 Å². The Hall–Kier alpha value is -3.64. The highest BCUT2D eigenvalue weighted by atomic mass is 32.2. The molecule has 1 aliphatic heterocycles. The Labute approximate surface area is 203 Å². The molecule has 3 aromatic rings. The van der Waals surface area contributed by atoms with Crippen molar-refractivity contribution in [2.45, 2.75) is 37.5 Å². The van der Waals surface area contributed by atoms with Gasteiger partial charge in [-0.3, -0.25) is 14.6 Å². The van der Waals surface area contributed by atoms with Gasteiger partial charge in [-0.1, -0.05) is 5.16 Å². The zero-order valence-electron chi connectivity index (χ0n) is 19.2. The smallest absolute Gasteiger partial charge is 0.258 e. The average Bonchev–Trinajstić information content (AvgIpc) is 3.49. The van der Waals surface area contributed by atoms with E-state index in [0.717, 1.165) is 16.8 Å². The quantitative estimate of drug-likeness (QED) is 0.399. The van der Waals surface area contributed by atoms with Gasteiger partial charge in [-0.2, -0.15) is 4.98 Å². The van der Waals surface area contributed by atoms with Crippen molar-refractivity contribution in [3.05, 3.63) is 54.1 Å². The maximum Gasteiger partial charge on any atom is 0.258 e. The van der Waals surface area contributed by atoms with E-state index in [1.165, 1.54) is 13.0 Å². The fourth-order valence-corrected chi connectivity index (χ4v) is 4.90. The monoisotopic (exact) mass is 498 g/mol. The number of benzene rings is 1. The molecule has 3 heterocycles. The van der Waals surface area contributed by atoms with Crippen LogP contribution in [0.3, 0.4) is 0 Å². The second-order valence-electron chi connectivity index (χ2n) is 8.06. The number of sulfonamides is 1. The standard InChI is InChI=1S/C23H26N6O5S/c1-16(30)29-14-9-18-15-19(4-5-20(18)29)35(32,33)26-10-2-3-22(31)25-13-8-21-27-23(34-28-21)17-6-11-24-12-7-17/h4-7,11-12,15,26H,2-3,8-10,13-14H2,1H3,(H,25,31). The summed E-state index contributed by atoms with van der Waals surface area (Å²) in [4.78, 5) is 33.8. The maximum atomic E-state index is 12.6. The molecular weight excluding hydrogens is 472 g/mol. The van der Waals surface area contributed by atoms with Gasteiger partial charge in [0, 0.05) is 63.0 Å². The van der Waals surface area contributed by atoms with Crippen LogP contribution in [0.15, 0.2) is 52.1 Å². The summed E-state index contributed by atoms with van der Waals surface area (Å²) in [6.07, 6.45) is 4.82. The summed E-state index contributed by atoms with van der Waals surface area (Å²) >= 11 is 0. The molecule has 35 heavy (non-hydrogen) atoms. The molecule has 0 saturated carbocycles. The summed E-state index contributed by atoms with van der Waals surface area (Å²) in [6, 6.07) is 8.29. The number of anilines is 1. The van der Waals surface area contributed by atoms with Crippen LogP contribution in [0.5, 0.6) is 0 Å². The van der Waals surface area contributed by atoms with Gasteiger partial charge in [0.25, 0.3) is 5.89 Å². The lowest BCUT2D eigenvalue weighted by molar-refractivity contribution is -0.121. The summed E-state index contributed by atoms with van der Waals surface area (Å²) in [5.41, 5.74) is 2.35. The van der Waals surface area contributed by atoms with Crippen LogP contribution in [0.2, 0.25) is 0 Å². The second-order valence-corrected chi connectivity index (χ2v) is 9.83. The molecule has 0 spiro atoms. The Bertz CT molecular complexity index is 1310. The Balaban J connectivity index is 1.18. The molecule has 0 bridgehead atoms. The maximum absolute atomic E-state index is 12.6. The third-order valence-electron chi connectivity index (χ3n) is 5.58. The van der Waals surface area contributed by atoms with E-state index in [0.29, 0.717) is 44.1 Å². The minimum Gasteiger partial charge on any atom is -0.356 e. The number of pyridine rings is 1. The van der Waals surface area contributed by atoms with Crippen LogP contribution in [-0.4, -0.2) is 55.0 Å². The molecule has 0 aliphatic carbocycles. The summed E-state index contributed by atoms with van der Waals surface area (Å²) < 4.78 is 33.0. The molecule has 12 heteroatoms. The van der Waals surface area contributed by atoms with E-state index < -0.39 is 10.0 Å². The van der Waals surface area contributed by atoms with Gasteiger partial charge in [-0.15, -0.1) is 0 Å². The van der Waals surface area contributed by atoms with Crippen molar-refractivity contribution in [3.8, 4) is 11.5 Å². The molecule has 4 rings (SSSR count). The van der Waals surface area contributed by atoms with E-state index in [1.807, 2.05) is 0 Å². The molecule has 2 amide bonds. The van der Waals surface area contributed by atoms with Crippen molar-refractivity contribution in [3.63, 3.8) is 0 Å². The summed E-state index contributed by atoms with van der Waals surface area (Å²) in [7, 11) is -3.71. The topological polar surface area (TPSA) is 147 Å². The lowest BCUT2D eigenvalue weighted by Gasteiger charge is -2.15. The Kier molecular flexibility index (Phi) is 7.51. The van der Waals surface area contributed by atoms with Crippen LogP contribution in [0.1, 0.15) is 31.2 Å².